The number of hydrogen-bond donors (Lipinski definition) is 1. The summed E-state index contributed by atoms with van der Waals surface area (Å²) >= 11 is 0. The molecule has 0 spiro atoms. The third-order valence-corrected chi connectivity index (χ3v) is 9.52. The highest BCUT2D eigenvalue weighted by Crippen LogP contribution is 2.58. The van der Waals surface area contributed by atoms with Crippen LogP contribution in [0.3, 0.4) is 0 Å². The molecule has 0 bridgehead atoms. The molecule has 0 aromatic heterocycles. The van der Waals surface area contributed by atoms with Gasteiger partial charge in [0.25, 0.3) is 4.92 Å². The first-order valence-electron chi connectivity index (χ1n) is 9.50. The molecule has 3 nitrogen and oxygen atoms in total. The van der Waals surface area contributed by atoms with Crippen LogP contribution in [0.25, 0.3) is 0 Å². The van der Waals surface area contributed by atoms with E-state index < -0.39 is 7.26 Å². The predicted molar refractivity (Wildman–Crippen MR) is 120 cm³/mol. The average molecular weight is 399 g/mol. The summed E-state index contributed by atoms with van der Waals surface area (Å²) in [6.45, 7) is 0. The lowest BCUT2D eigenvalue weighted by molar-refractivity contribution is -0.729. The fourth-order valence-corrected chi connectivity index (χ4v) is 8.05. The second-order valence-electron chi connectivity index (χ2n) is 6.92. The van der Waals surface area contributed by atoms with Gasteiger partial charge in [0, 0.05) is 12.1 Å². The lowest BCUT2D eigenvalue weighted by Crippen LogP contribution is -2.32. The van der Waals surface area contributed by atoms with E-state index in [1.807, 2.05) is 30.3 Å². The predicted octanol–water partition coefficient (Wildman–Crippen LogP) is 4.98. The van der Waals surface area contributed by atoms with Crippen molar-refractivity contribution in [2.75, 3.05) is 0 Å². The van der Waals surface area contributed by atoms with Crippen LogP contribution in [-0.4, -0.2) is 10.1 Å². The molecule has 0 amide bonds. The van der Waals surface area contributed by atoms with Gasteiger partial charge in [0.1, 0.15) is 23.2 Å². The maximum atomic E-state index is 11.5. The SMILES string of the molecule is O=[N+](O)c1cccc(C[P+](c2ccccc2)(c2ccccc2)c2ccccc2)c1. The molecule has 0 fully saturated rings. The third-order valence-electron chi connectivity index (χ3n) is 5.14. The molecule has 4 heteroatoms. The van der Waals surface area contributed by atoms with Crippen LogP contribution in [-0.2, 0) is 6.16 Å². The second kappa shape index (κ2) is 8.38. The third kappa shape index (κ3) is 3.83. The highest BCUT2D eigenvalue weighted by molar-refractivity contribution is 7.95. The standard InChI is InChI=1S/C25H22NO2P/c27-26(28)22-12-10-11-21(19-22)20-29(23-13-4-1-5-14-23,24-15-6-2-7-16-24)25-17-8-3-9-18-25/h1-19H,20H2,(H,27,28)/q+2. The molecule has 0 aliphatic rings. The molecule has 0 saturated heterocycles. The zero-order chi connectivity index (χ0) is 20.1. The van der Waals surface area contributed by atoms with E-state index in [4.69, 9.17) is 0 Å². The Kier molecular flexibility index (Phi) is 5.50. The molecule has 0 atom stereocenters. The normalized spacial score (nSPS) is 11.2. The largest absolute Gasteiger partial charge is 0.316 e. The first-order valence-corrected chi connectivity index (χ1v) is 11.5. The van der Waals surface area contributed by atoms with E-state index in [2.05, 4.69) is 72.8 Å². The number of hydrogen-bond acceptors (Lipinski definition) is 1. The number of nitrogens with zero attached hydrogens (tertiary/aromatic N) is 1. The first kappa shape index (κ1) is 19.0. The minimum atomic E-state index is -2.03. The van der Waals surface area contributed by atoms with E-state index in [1.54, 1.807) is 12.1 Å². The van der Waals surface area contributed by atoms with Crippen LogP contribution in [0.5, 0.6) is 0 Å². The van der Waals surface area contributed by atoms with Gasteiger partial charge in [-0.05, 0) is 42.0 Å². The summed E-state index contributed by atoms with van der Waals surface area (Å²) in [4.78, 5) is 11.4. The summed E-state index contributed by atoms with van der Waals surface area (Å²) in [5, 5.41) is 13.2. The topological polar surface area (TPSA) is 40.3 Å². The molecule has 29 heavy (non-hydrogen) atoms. The van der Waals surface area contributed by atoms with Crippen LogP contribution in [0.15, 0.2) is 115 Å². The Hall–Kier alpha value is -3.29. The van der Waals surface area contributed by atoms with Crippen molar-refractivity contribution in [1.82, 2.24) is 0 Å². The minimum Gasteiger partial charge on any atom is -0.241 e. The van der Waals surface area contributed by atoms with Gasteiger partial charge in [-0.2, -0.15) is 0 Å². The van der Waals surface area contributed by atoms with Gasteiger partial charge in [-0.25, -0.2) is 5.21 Å². The Labute approximate surface area is 171 Å². The fraction of sp³-hybridized carbons (Fsp3) is 0.0400. The van der Waals surface area contributed by atoms with E-state index in [1.165, 1.54) is 15.9 Å². The highest BCUT2D eigenvalue weighted by Gasteiger charge is 2.45. The molecule has 142 valence electrons. The van der Waals surface area contributed by atoms with Crippen molar-refractivity contribution in [3.63, 3.8) is 0 Å². The molecule has 4 aromatic rings. The monoisotopic (exact) mass is 399 g/mol. The number of benzene rings is 4. The maximum Gasteiger partial charge on any atom is 0.316 e. The zero-order valence-corrected chi connectivity index (χ0v) is 16.8. The molecule has 0 unspecified atom stereocenters. The lowest BCUT2D eigenvalue weighted by Gasteiger charge is -2.27. The second-order valence-corrected chi connectivity index (χ2v) is 10.4. The summed E-state index contributed by atoms with van der Waals surface area (Å²) in [6.07, 6.45) is 0.757. The van der Waals surface area contributed by atoms with Crippen LogP contribution in [0.4, 0.5) is 5.69 Å². The van der Waals surface area contributed by atoms with Crippen molar-refractivity contribution < 1.29 is 10.1 Å². The summed E-state index contributed by atoms with van der Waals surface area (Å²) in [6, 6.07) is 39.0. The molecule has 0 radical (unpaired) electrons. The van der Waals surface area contributed by atoms with E-state index in [0.717, 1.165) is 11.7 Å². The lowest BCUT2D eigenvalue weighted by atomic mass is 10.2. The van der Waals surface area contributed by atoms with Crippen LogP contribution in [0.1, 0.15) is 5.56 Å². The smallest absolute Gasteiger partial charge is 0.241 e. The zero-order valence-electron chi connectivity index (χ0n) is 15.9. The molecular formula is C25H22NO2P+2. The van der Waals surface area contributed by atoms with Gasteiger partial charge in [-0.15, -0.1) is 0 Å². The van der Waals surface area contributed by atoms with Crippen molar-refractivity contribution in [2.45, 2.75) is 6.16 Å². The van der Waals surface area contributed by atoms with Gasteiger partial charge >= 0.3 is 5.69 Å². The Balaban J connectivity index is 1.98. The Bertz CT molecular complexity index is 1000. The van der Waals surface area contributed by atoms with Gasteiger partial charge < -0.3 is 0 Å². The van der Waals surface area contributed by atoms with Crippen molar-refractivity contribution in [3.05, 3.63) is 126 Å². The molecule has 0 aliphatic carbocycles. The van der Waals surface area contributed by atoms with Crippen LogP contribution in [0.2, 0.25) is 0 Å². The molecule has 4 rings (SSSR count). The van der Waals surface area contributed by atoms with Crippen molar-refractivity contribution in [2.24, 2.45) is 0 Å². The molecule has 4 aromatic carbocycles. The highest BCUT2D eigenvalue weighted by atomic mass is 31.2. The Morgan fingerprint density at radius 1 is 0.621 bits per heavy atom. The maximum absolute atomic E-state index is 11.5. The summed E-state index contributed by atoms with van der Waals surface area (Å²) < 4.78 is 0. The van der Waals surface area contributed by atoms with Gasteiger partial charge in [0.05, 0.1) is 11.1 Å². The minimum absolute atomic E-state index is 0.0722. The van der Waals surface area contributed by atoms with Crippen molar-refractivity contribution >= 4 is 28.9 Å². The molecule has 0 saturated carbocycles. The van der Waals surface area contributed by atoms with Crippen LogP contribution < -0.4 is 15.9 Å². The Morgan fingerprint density at radius 3 is 1.48 bits per heavy atom. The van der Waals surface area contributed by atoms with E-state index in [9.17, 15) is 10.1 Å². The van der Waals surface area contributed by atoms with E-state index >= 15 is 0 Å². The molecule has 1 N–H and O–H groups in total. The average Bonchev–Trinajstić information content (AvgIpc) is 2.79. The van der Waals surface area contributed by atoms with Gasteiger partial charge in [-0.3, -0.25) is 0 Å². The number of rotatable bonds is 6. The summed E-state index contributed by atoms with van der Waals surface area (Å²) in [5.41, 5.74) is 1.26. The Morgan fingerprint density at radius 2 is 1.07 bits per heavy atom. The van der Waals surface area contributed by atoms with Gasteiger partial charge in [0.2, 0.25) is 0 Å². The molecule has 0 heterocycles. The van der Waals surface area contributed by atoms with E-state index in [0.29, 0.717) is 0 Å². The van der Waals surface area contributed by atoms with Crippen molar-refractivity contribution in [3.8, 4) is 0 Å². The van der Waals surface area contributed by atoms with Crippen LogP contribution in [0, 0.1) is 4.91 Å². The summed E-state index contributed by atoms with van der Waals surface area (Å²) in [7, 11) is -2.03. The van der Waals surface area contributed by atoms with Gasteiger partial charge in [0.15, 0.2) is 0 Å². The molecule has 0 aliphatic heterocycles. The van der Waals surface area contributed by atoms with Gasteiger partial charge in [-0.1, -0.05) is 66.7 Å². The quantitative estimate of drug-likeness (QED) is 0.367. The fourth-order valence-electron chi connectivity index (χ4n) is 3.82. The van der Waals surface area contributed by atoms with Crippen LogP contribution >= 0.6 is 7.26 Å². The first-order chi connectivity index (χ1) is 14.2. The summed E-state index contributed by atoms with van der Waals surface area (Å²) in [5.74, 6) is 0. The van der Waals surface area contributed by atoms with E-state index in [-0.39, 0.29) is 10.6 Å². The molecular weight excluding hydrogens is 377 g/mol. The van der Waals surface area contributed by atoms with Crippen molar-refractivity contribution in [1.29, 1.82) is 0 Å².